The predicted octanol–water partition coefficient (Wildman–Crippen LogP) is 17.6. The van der Waals surface area contributed by atoms with E-state index in [-0.39, 0.29) is 5.41 Å². The van der Waals surface area contributed by atoms with Crippen LogP contribution in [0.2, 0.25) is 5.02 Å². The minimum atomic E-state index is -0.570. The molecule has 4 heteroatoms. The number of halogens is 1. The van der Waals surface area contributed by atoms with E-state index in [2.05, 4.69) is 219 Å². The molecule has 304 valence electrons. The van der Waals surface area contributed by atoms with E-state index >= 15 is 0 Å². The van der Waals surface area contributed by atoms with Crippen molar-refractivity contribution >= 4 is 78.0 Å². The Hall–Kier alpha value is -6.62. The van der Waals surface area contributed by atoms with Crippen LogP contribution in [0.1, 0.15) is 47.2 Å². The summed E-state index contributed by atoms with van der Waals surface area (Å²) in [4.78, 5) is 4.85. The van der Waals surface area contributed by atoms with Gasteiger partial charge in [0.1, 0.15) is 0 Å². The van der Waals surface area contributed by atoms with Crippen molar-refractivity contribution in [3.05, 3.63) is 239 Å². The number of fused-ring (bicyclic) bond motifs is 13. The van der Waals surface area contributed by atoms with E-state index < -0.39 is 5.41 Å². The third-order valence-corrected chi connectivity index (χ3v) is 16.7. The van der Waals surface area contributed by atoms with Gasteiger partial charge in [0.05, 0.1) is 10.4 Å². The first-order chi connectivity index (χ1) is 31.4. The molecule has 0 atom stereocenters. The van der Waals surface area contributed by atoms with Gasteiger partial charge in [-0.05, 0) is 116 Å². The number of hydrogen-bond donors (Lipinski definition) is 0. The molecule has 64 heavy (non-hydrogen) atoms. The smallest absolute Gasteiger partial charge is 0.0736 e. The van der Waals surface area contributed by atoms with Crippen LogP contribution in [-0.4, -0.2) is 0 Å². The predicted molar refractivity (Wildman–Crippen MR) is 273 cm³/mol. The fourth-order valence-electron chi connectivity index (χ4n) is 10.9. The summed E-state index contributed by atoms with van der Waals surface area (Å²) < 4.78 is 2.58. The van der Waals surface area contributed by atoms with Gasteiger partial charge >= 0.3 is 0 Å². The number of benzene rings is 9. The molecule has 0 saturated carbocycles. The van der Waals surface area contributed by atoms with Crippen LogP contribution >= 0.6 is 34.7 Å². The molecular weight excluding hydrogens is 834 g/mol. The molecule has 1 aliphatic heterocycles. The molecule has 9 aromatic carbocycles. The maximum atomic E-state index is 7.18. The van der Waals surface area contributed by atoms with Gasteiger partial charge in [0, 0.05) is 58.0 Å². The van der Waals surface area contributed by atoms with Crippen LogP contribution < -0.4 is 4.90 Å². The van der Waals surface area contributed by atoms with E-state index in [1.807, 2.05) is 17.4 Å². The van der Waals surface area contributed by atoms with Gasteiger partial charge < -0.3 is 4.90 Å². The summed E-state index contributed by atoms with van der Waals surface area (Å²) in [5.74, 6) is 0. The van der Waals surface area contributed by atoms with Gasteiger partial charge in [-0.1, -0.05) is 189 Å². The van der Waals surface area contributed by atoms with Gasteiger partial charge in [0.15, 0.2) is 0 Å². The average Bonchev–Trinajstić information content (AvgIpc) is 3.97. The monoisotopic (exact) mass is 873 g/mol. The second-order valence-corrected chi connectivity index (χ2v) is 20.3. The summed E-state index contributed by atoms with van der Waals surface area (Å²) in [5.41, 5.74) is 17.9. The zero-order valence-corrected chi connectivity index (χ0v) is 37.7. The van der Waals surface area contributed by atoms with Crippen molar-refractivity contribution in [2.45, 2.75) is 34.5 Å². The number of nitrogens with zero attached hydrogens (tertiary/aromatic N) is 1. The lowest BCUT2D eigenvalue weighted by molar-refractivity contribution is 0.683. The maximum Gasteiger partial charge on any atom is 0.0736 e. The highest BCUT2D eigenvalue weighted by atomic mass is 35.5. The second kappa shape index (κ2) is 14.2. The van der Waals surface area contributed by atoms with Crippen LogP contribution in [0.3, 0.4) is 0 Å². The molecule has 3 aliphatic rings. The Morgan fingerprint density at radius 3 is 1.92 bits per heavy atom. The van der Waals surface area contributed by atoms with Gasteiger partial charge in [-0.3, -0.25) is 0 Å². The third-order valence-electron chi connectivity index (χ3n) is 13.9. The Bertz CT molecular complexity index is 3530. The van der Waals surface area contributed by atoms with Gasteiger partial charge in [-0.15, -0.1) is 11.3 Å². The van der Waals surface area contributed by atoms with Crippen molar-refractivity contribution in [3.8, 4) is 33.4 Å². The van der Waals surface area contributed by atoms with E-state index in [0.717, 1.165) is 27.0 Å². The first kappa shape index (κ1) is 37.9. The quantitative estimate of drug-likeness (QED) is 0.169. The van der Waals surface area contributed by atoms with E-state index in [0.29, 0.717) is 0 Å². The lowest BCUT2D eigenvalue weighted by Crippen LogP contribution is -2.32. The van der Waals surface area contributed by atoms with Crippen molar-refractivity contribution in [2.24, 2.45) is 0 Å². The summed E-state index contributed by atoms with van der Waals surface area (Å²) in [6.07, 6.45) is 4.64. The SMILES string of the molecule is CC1(C)C=Cc2cc(N(c3ccc4c(c3)C3(c5ccccc5-c5ccccc53)c3cccc(Cl)c3S4)c3cc(-c4ccc(-c5ccccc5)cc4)c4sc5ccccc5c4c3)ccc21. The third kappa shape index (κ3) is 5.51. The van der Waals surface area contributed by atoms with Crippen molar-refractivity contribution in [1.29, 1.82) is 0 Å². The zero-order chi connectivity index (χ0) is 42.7. The topological polar surface area (TPSA) is 3.24 Å². The summed E-state index contributed by atoms with van der Waals surface area (Å²) in [7, 11) is 0. The Labute approximate surface area is 387 Å². The highest BCUT2D eigenvalue weighted by molar-refractivity contribution is 7.99. The van der Waals surface area contributed by atoms with Crippen molar-refractivity contribution < 1.29 is 0 Å². The van der Waals surface area contributed by atoms with Gasteiger partial charge in [-0.25, -0.2) is 0 Å². The molecule has 0 amide bonds. The molecule has 10 aromatic rings. The van der Waals surface area contributed by atoms with Crippen molar-refractivity contribution in [3.63, 3.8) is 0 Å². The highest BCUT2D eigenvalue weighted by Gasteiger charge is 2.50. The number of anilines is 3. The first-order valence-corrected chi connectivity index (χ1v) is 23.9. The molecule has 0 unspecified atom stereocenters. The summed E-state index contributed by atoms with van der Waals surface area (Å²) in [6.45, 7) is 4.61. The minimum Gasteiger partial charge on any atom is -0.310 e. The maximum absolute atomic E-state index is 7.18. The Morgan fingerprint density at radius 1 is 0.469 bits per heavy atom. The van der Waals surface area contributed by atoms with Crippen LogP contribution in [0.15, 0.2) is 210 Å². The Balaban J connectivity index is 1.08. The molecule has 0 radical (unpaired) electrons. The molecule has 1 nitrogen and oxygen atoms in total. The van der Waals surface area contributed by atoms with E-state index in [1.54, 1.807) is 11.8 Å². The van der Waals surface area contributed by atoms with Crippen LogP contribution in [0.25, 0.3) is 59.6 Å². The standard InChI is InChI=1S/C60H40ClNS2/c1-59(2)32-31-40-33-41(27-29-49(40)59)62(43-34-47(57-48(35-43)46-17-8-11-22-55(46)63-57)39-25-23-38(24-26-39)37-13-4-3-5-14-37)42-28-30-56-53(36-42)60(52-20-12-21-54(61)58(52)64-56)50-18-9-6-15-44(50)45-16-7-10-19-51(45)60/h3-36H,1-2H3. The first-order valence-electron chi connectivity index (χ1n) is 21.9. The molecule has 1 aromatic heterocycles. The number of hydrogen-bond acceptors (Lipinski definition) is 3. The molecule has 0 bridgehead atoms. The summed E-state index contributed by atoms with van der Waals surface area (Å²) in [5, 5.41) is 3.33. The van der Waals surface area contributed by atoms with Gasteiger partial charge in [-0.2, -0.15) is 0 Å². The Morgan fingerprint density at radius 2 is 1.12 bits per heavy atom. The molecule has 0 fully saturated rings. The van der Waals surface area contributed by atoms with Crippen LogP contribution in [0, 0.1) is 0 Å². The minimum absolute atomic E-state index is 0.0282. The lowest BCUT2D eigenvalue weighted by Gasteiger charge is -2.40. The number of rotatable bonds is 5. The molecule has 2 heterocycles. The van der Waals surface area contributed by atoms with E-state index in [1.165, 1.54) is 91.8 Å². The second-order valence-electron chi connectivity index (χ2n) is 17.8. The normalized spacial score (nSPS) is 14.6. The van der Waals surface area contributed by atoms with Crippen LogP contribution in [0.5, 0.6) is 0 Å². The Kier molecular flexibility index (Phi) is 8.40. The molecule has 13 rings (SSSR count). The van der Waals surface area contributed by atoms with Gasteiger partial charge in [0.25, 0.3) is 0 Å². The van der Waals surface area contributed by atoms with E-state index in [4.69, 9.17) is 11.6 Å². The van der Waals surface area contributed by atoms with Crippen molar-refractivity contribution in [2.75, 3.05) is 4.90 Å². The molecular formula is C60H40ClNS2. The fourth-order valence-corrected chi connectivity index (χ4v) is 13.6. The van der Waals surface area contributed by atoms with E-state index in [9.17, 15) is 0 Å². The fraction of sp³-hybridized carbons (Fsp3) is 0.0667. The molecule has 0 N–H and O–H groups in total. The highest BCUT2D eigenvalue weighted by Crippen LogP contribution is 2.63. The molecule has 2 aliphatic carbocycles. The summed E-state index contributed by atoms with van der Waals surface area (Å²) in [6, 6.07) is 72.2. The lowest BCUT2D eigenvalue weighted by atomic mass is 9.67. The average molecular weight is 875 g/mol. The van der Waals surface area contributed by atoms with Crippen LogP contribution in [0.4, 0.5) is 17.1 Å². The van der Waals surface area contributed by atoms with Gasteiger partial charge in [0.2, 0.25) is 0 Å². The largest absolute Gasteiger partial charge is 0.310 e. The zero-order valence-electron chi connectivity index (χ0n) is 35.3. The molecule has 0 saturated heterocycles. The van der Waals surface area contributed by atoms with Crippen LogP contribution in [-0.2, 0) is 10.8 Å². The number of thiophene rings is 1. The summed E-state index contributed by atoms with van der Waals surface area (Å²) >= 11 is 10.9. The van der Waals surface area contributed by atoms with Crippen molar-refractivity contribution in [1.82, 2.24) is 0 Å². The molecule has 1 spiro atoms. The number of allylic oxidation sites excluding steroid dienone is 1.